The number of nitrogens with one attached hydrogen (secondary N) is 1. The molecule has 0 aliphatic carbocycles. The number of amides is 1. The number of aliphatic carboxylic acids is 1. The number of fused-ring (bicyclic) bond motifs is 5. The molecule has 0 saturated heterocycles. The Labute approximate surface area is 198 Å². The van der Waals surface area contributed by atoms with Crippen LogP contribution < -0.4 is 10.9 Å². The van der Waals surface area contributed by atoms with Crippen LogP contribution >= 0.6 is 0 Å². The molecule has 178 valence electrons. The number of benzene rings is 1. The van der Waals surface area contributed by atoms with Crippen LogP contribution in [0.1, 0.15) is 42.5 Å². The number of carbonyl (C=O) groups is 3. The zero-order valence-electron chi connectivity index (χ0n) is 18.9. The van der Waals surface area contributed by atoms with Gasteiger partial charge in [0.15, 0.2) is 5.60 Å². The smallest absolute Gasteiger partial charge is 0.352 e. The fourth-order valence-corrected chi connectivity index (χ4v) is 4.64. The van der Waals surface area contributed by atoms with Gasteiger partial charge in [-0.05, 0) is 24.6 Å². The number of cyclic esters (lactones) is 1. The van der Waals surface area contributed by atoms with Crippen molar-refractivity contribution in [1.29, 1.82) is 0 Å². The predicted molar refractivity (Wildman–Crippen MR) is 124 cm³/mol. The molecule has 0 bridgehead atoms. The Morgan fingerprint density at radius 1 is 1.29 bits per heavy atom. The van der Waals surface area contributed by atoms with E-state index in [-0.39, 0.29) is 42.0 Å². The molecule has 0 saturated carbocycles. The van der Waals surface area contributed by atoms with E-state index in [2.05, 4.69) is 5.32 Å². The van der Waals surface area contributed by atoms with Crippen molar-refractivity contribution in [3.63, 3.8) is 0 Å². The highest BCUT2D eigenvalue weighted by molar-refractivity contribution is 5.99. The van der Waals surface area contributed by atoms with E-state index in [0.29, 0.717) is 22.5 Å². The molecule has 0 fully saturated rings. The molecule has 5 rings (SSSR count). The third-order valence-corrected chi connectivity index (χ3v) is 6.41. The number of esters is 1. The normalized spacial score (nSPS) is 18.5. The number of aromatic nitrogens is 2. The fraction of sp³-hybridized carbons (Fsp3) is 0.240. The van der Waals surface area contributed by atoms with Crippen LogP contribution in [0.2, 0.25) is 0 Å². The summed E-state index contributed by atoms with van der Waals surface area (Å²) >= 11 is 0. The molecule has 1 amide bonds. The number of nitrogens with zero attached hydrogens (tertiary/aromatic N) is 2. The highest BCUT2D eigenvalue weighted by Crippen LogP contribution is 2.39. The monoisotopic (exact) mass is 475 g/mol. The zero-order chi connectivity index (χ0) is 25.1. The summed E-state index contributed by atoms with van der Waals surface area (Å²) in [6.45, 7) is 2.89. The maximum atomic E-state index is 13.3. The average molecular weight is 475 g/mol. The number of hydrogen-bond acceptors (Lipinski definition) is 7. The van der Waals surface area contributed by atoms with Gasteiger partial charge < -0.3 is 24.8 Å². The second-order valence-electron chi connectivity index (χ2n) is 8.56. The topological polar surface area (TPSA) is 148 Å². The summed E-state index contributed by atoms with van der Waals surface area (Å²) in [5.74, 6) is -2.62. The molecule has 2 aliphatic rings. The van der Waals surface area contributed by atoms with Crippen LogP contribution in [0.3, 0.4) is 0 Å². The van der Waals surface area contributed by atoms with Crippen LogP contribution in [0.4, 0.5) is 0 Å². The van der Waals surface area contributed by atoms with E-state index in [0.717, 1.165) is 10.9 Å². The van der Waals surface area contributed by atoms with Gasteiger partial charge in [0.2, 0.25) is 5.91 Å². The number of hydrogen-bond donors (Lipinski definition) is 3. The van der Waals surface area contributed by atoms with E-state index >= 15 is 0 Å². The maximum absolute atomic E-state index is 13.3. The Bertz CT molecular complexity index is 1550. The Kier molecular flexibility index (Phi) is 5.06. The van der Waals surface area contributed by atoms with Gasteiger partial charge in [0, 0.05) is 29.0 Å². The van der Waals surface area contributed by atoms with Crippen molar-refractivity contribution in [3.8, 4) is 11.4 Å². The molecule has 2 aliphatic heterocycles. The molecule has 2 aromatic heterocycles. The first-order valence-electron chi connectivity index (χ1n) is 11.0. The largest absolute Gasteiger partial charge is 0.477 e. The SMILES string of the molecule is CC[C@@]1(O)C(=O)OCc2c1cc1n(c2=O)Cc2cc3cccc(C=C(NC(C)=O)C(=O)O)c3nc2-1. The van der Waals surface area contributed by atoms with Gasteiger partial charge in [0.05, 0.1) is 29.0 Å². The van der Waals surface area contributed by atoms with Crippen LogP contribution in [0.15, 0.2) is 40.8 Å². The Balaban J connectivity index is 1.73. The van der Waals surface area contributed by atoms with Gasteiger partial charge in [-0.2, -0.15) is 0 Å². The minimum Gasteiger partial charge on any atom is -0.477 e. The fourth-order valence-electron chi connectivity index (χ4n) is 4.64. The minimum atomic E-state index is -1.93. The van der Waals surface area contributed by atoms with Crippen molar-refractivity contribution in [1.82, 2.24) is 14.9 Å². The lowest BCUT2D eigenvalue weighted by Crippen LogP contribution is -2.44. The highest BCUT2D eigenvalue weighted by Gasteiger charge is 2.45. The van der Waals surface area contributed by atoms with Crippen molar-refractivity contribution < 1.29 is 29.3 Å². The van der Waals surface area contributed by atoms with Crippen LogP contribution in [-0.4, -0.2) is 37.6 Å². The van der Waals surface area contributed by atoms with Crippen LogP contribution in [0, 0.1) is 0 Å². The lowest BCUT2D eigenvalue weighted by Gasteiger charge is -2.31. The molecule has 3 aromatic rings. The van der Waals surface area contributed by atoms with Gasteiger partial charge in [-0.3, -0.25) is 9.59 Å². The first-order chi connectivity index (χ1) is 16.6. The first-order valence-corrected chi connectivity index (χ1v) is 11.0. The molecule has 0 radical (unpaired) electrons. The zero-order valence-corrected chi connectivity index (χ0v) is 18.9. The molecule has 35 heavy (non-hydrogen) atoms. The van der Waals surface area contributed by atoms with E-state index in [1.54, 1.807) is 25.1 Å². The van der Waals surface area contributed by atoms with Crippen molar-refractivity contribution in [2.45, 2.75) is 39.0 Å². The summed E-state index contributed by atoms with van der Waals surface area (Å²) in [5, 5.41) is 23.5. The summed E-state index contributed by atoms with van der Waals surface area (Å²) in [6.07, 6.45) is 1.36. The third-order valence-electron chi connectivity index (χ3n) is 6.41. The lowest BCUT2D eigenvalue weighted by molar-refractivity contribution is -0.172. The van der Waals surface area contributed by atoms with Crippen molar-refractivity contribution >= 4 is 34.8 Å². The number of aliphatic hydroxyl groups is 1. The van der Waals surface area contributed by atoms with E-state index in [4.69, 9.17) is 9.72 Å². The van der Waals surface area contributed by atoms with Gasteiger partial charge in [0.1, 0.15) is 12.3 Å². The summed E-state index contributed by atoms with van der Waals surface area (Å²) in [6, 6.07) is 8.72. The lowest BCUT2D eigenvalue weighted by atomic mass is 9.86. The second kappa shape index (κ2) is 7.88. The summed E-state index contributed by atoms with van der Waals surface area (Å²) < 4.78 is 6.62. The quantitative estimate of drug-likeness (QED) is 0.298. The average Bonchev–Trinajstić information content (AvgIpc) is 3.18. The van der Waals surface area contributed by atoms with E-state index in [1.165, 1.54) is 17.6 Å². The van der Waals surface area contributed by atoms with Gasteiger partial charge in [-0.15, -0.1) is 0 Å². The molecule has 3 N–H and O–H groups in total. The highest BCUT2D eigenvalue weighted by atomic mass is 16.6. The minimum absolute atomic E-state index is 0.0375. The number of para-hydroxylation sites is 1. The molecule has 1 atom stereocenters. The molecule has 10 nitrogen and oxygen atoms in total. The van der Waals surface area contributed by atoms with Crippen molar-refractivity contribution in [3.05, 3.63) is 68.6 Å². The second-order valence-corrected chi connectivity index (χ2v) is 8.56. The van der Waals surface area contributed by atoms with Crippen molar-refractivity contribution in [2.75, 3.05) is 0 Å². The standard InChI is InChI=1S/C25H21N3O7/c1-3-25(34)17-9-19-21-15(10-28(19)22(30)16(17)11-35-24(25)33)7-13-5-4-6-14(20(13)27-21)8-18(23(31)32)26-12(2)29/h4-9,34H,3,10-11H2,1-2H3,(H,26,29)(H,31,32)/t25-/m0/s1. The Hall–Kier alpha value is -4.31. The molecule has 0 spiro atoms. The molecule has 0 unspecified atom stereocenters. The number of carboxylic acids is 1. The third kappa shape index (κ3) is 3.41. The summed E-state index contributed by atoms with van der Waals surface area (Å²) in [4.78, 5) is 53.4. The Morgan fingerprint density at radius 3 is 2.74 bits per heavy atom. The van der Waals surface area contributed by atoms with E-state index in [9.17, 15) is 29.4 Å². The van der Waals surface area contributed by atoms with Gasteiger partial charge >= 0.3 is 11.9 Å². The van der Waals surface area contributed by atoms with Crippen LogP contribution in [-0.2, 0) is 37.9 Å². The van der Waals surface area contributed by atoms with Gasteiger partial charge in [-0.25, -0.2) is 14.6 Å². The molecule has 10 heteroatoms. The summed E-state index contributed by atoms with van der Waals surface area (Å²) in [7, 11) is 0. The number of rotatable bonds is 4. The number of ether oxygens (including phenoxy) is 1. The Morgan fingerprint density at radius 2 is 2.06 bits per heavy atom. The van der Waals surface area contributed by atoms with E-state index in [1.807, 2.05) is 12.1 Å². The predicted octanol–water partition coefficient (Wildman–Crippen LogP) is 1.64. The molecule has 1 aromatic carbocycles. The van der Waals surface area contributed by atoms with Crippen LogP contribution in [0.25, 0.3) is 28.4 Å². The van der Waals surface area contributed by atoms with Crippen molar-refractivity contribution in [2.24, 2.45) is 0 Å². The van der Waals surface area contributed by atoms with Crippen LogP contribution in [0.5, 0.6) is 0 Å². The number of carbonyl (C=O) groups excluding carboxylic acids is 2. The first kappa shape index (κ1) is 22.5. The molecule has 4 heterocycles. The number of pyridine rings is 2. The molecular weight excluding hydrogens is 454 g/mol. The molecular formula is C25H21N3O7. The van der Waals surface area contributed by atoms with Gasteiger partial charge in [-0.1, -0.05) is 25.1 Å². The summed E-state index contributed by atoms with van der Waals surface area (Å²) in [5.41, 5.74) is 0.508. The van der Waals surface area contributed by atoms with Gasteiger partial charge in [0.25, 0.3) is 5.56 Å². The van der Waals surface area contributed by atoms with E-state index < -0.39 is 23.4 Å². The number of carboxylic acid groups (broad SMARTS) is 1. The maximum Gasteiger partial charge on any atom is 0.352 e.